The van der Waals surface area contributed by atoms with Crippen LogP contribution in [0.5, 0.6) is 0 Å². The topological polar surface area (TPSA) is 18.5 Å². The van der Waals surface area contributed by atoms with Gasteiger partial charge in [0.05, 0.1) is 0 Å². The van der Waals surface area contributed by atoms with Crippen molar-refractivity contribution in [2.24, 2.45) is 5.92 Å². The molecule has 3 nitrogen and oxygen atoms in total. The van der Waals surface area contributed by atoms with E-state index in [4.69, 9.17) is 0 Å². The third-order valence-electron chi connectivity index (χ3n) is 4.69. The maximum Gasteiger partial charge on any atom is 0.0113 e. The standard InChI is InChI=1S/C16H33N3/c1-4-17-15-6-5-7-16(12-15)19-10-8-18(9-11-19)13-14(2)3/h14-17H,4-13H2,1-3H3. The van der Waals surface area contributed by atoms with Gasteiger partial charge in [0, 0.05) is 44.8 Å². The van der Waals surface area contributed by atoms with E-state index in [9.17, 15) is 0 Å². The van der Waals surface area contributed by atoms with E-state index in [1.165, 1.54) is 58.4 Å². The highest BCUT2D eigenvalue weighted by Gasteiger charge is 2.28. The fraction of sp³-hybridized carbons (Fsp3) is 1.00. The molecular weight excluding hydrogens is 234 g/mol. The zero-order chi connectivity index (χ0) is 13.7. The van der Waals surface area contributed by atoms with E-state index >= 15 is 0 Å². The molecule has 2 unspecified atom stereocenters. The molecule has 2 aliphatic rings. The predicted molar refractivity (Wildman–Crippen MR) is 82.6 cm³/mol. The molecule has 2 atom stereocenters. The summed E-state index contributed by atoms with van der Waals surface area (Å²) in [5.74, 6) is 0.805. The maximum absolute atomic E-state index is 3.65. The van der Waals surface area contributed by atoms with Crippen LogP contribution in [-0.4, -0.2) is 61.2 Å². The molecule has 19 heavy (non-hydrogen) atoms. The van der Waals surface area contributed by atoms with Crippen LogP contribution in [-0.2, 0) is 0 Å². The van der Waals surface area contributed by atoms with Crippen molar-refractivity contribution in [1.29, 1.82) is 0 Å². The molecule has 1 aliphatic carbocycles. The molecular formula is C16H33N3. The molecule has 0 bridgehead atoms. The number of rotatable bonds is 5. The molecule has 0 amide bonds. The van der Waals surface area contributed by atoms with Crippen LogP contribution in [0.25, 0.3) is 0 Å². The zero-order valence-corrected chi connectivity index (χ0v) is 13.2. The molecule has 2 rings (SSSR count). The second kappa shape index (κ2) is 7.61. The highest BCUT2D eigenvalue weighted by atomic mass is 15.3. The summed E-state index contributed by atoms with van der Waals surface area (Å²) in [4.78, 5) is 5.41. The van der Waals surface area contributed by atoms with E-state index in [2.05, 4.69) is 35.9 Å². The summed E-state index contributed by atoms with van der Waals surface area (Å²) >= 11 is 0. The van der Waals surface area contributed by atoms with Crippen LogP contribution in [0, 0.1) is 5.92 Å². The van der Waals surface area contributed by atoms with Gasteiger partial charge in [0.2, 0.25) is 0 Å². The summed E-state index contributed by atoms with van der Waals surface area (Å²) < 4.78 is 0. The minimum absolute atomic E-state index is 0.775. The average Bonchev–Trinajstić information content (AvgIpc) is 2.40. The Balaban J connectivity index is 1.74. The van der Waals surface area contributed by atoms with Crippen LogP contribution in [0.1, 0.15) is 46.5 Å². The molecule has 1 saturated carbocycles. The Morgan fingerprint density at radius 1 is 1.11 bits per heavy atom. The molecule has 1 aliphatic heterocycles. The third-order valence-corrected chi connectivity index (χ3v) is 4.69. The first kappa shape index (κ1) is 15.3. The summed E-state index contributed by atoms with van der Waals surface area (Å²) in [6, 6.07) is 1.62. The average molecular weight is 267 g/mol. The number of hydrogen-bond acceptors (Lipinski definition) is 3. The minimum Gasteiger partial charge on any atom is -0.314 e. The van der Waals surface area contributed by atoms with Crippen LogP contribution >= 0.6 is 0 Å². The van der Waals surface area contributed by atoms with Gasteiger partial charge in [-0.15, -0.1) is 0 Å². The van der Waals surface area contributed by atoms with Crippen molar-refractivity contribution in [3.63, 3.8) is 0 Å². The summed E-state index contributed by atoms with van der Waals surface area (Å²) in [7, 11) is 0. The van der Waals surface area contributed by atoms with Crippen LogP contribution in [0.15, 0.2) is 0 Å². The molecule has 112 valence electrons. The van der Waals surface area contributed by atoms with Gasteiger partial charge in [-0.3, -0.25) is 4.90 Å². The second-order valence-corrected chi connectivity index (χ2v) is 6.81. The molecule has 0 aromatic heterocycles. The molecule has 3 heteroatoms. The summed E-state index contributed by atoms with van der Waals surface area (Å²) in [6.07, 6.45) is 5.59. The van der Waals surface area contributed by atoms with Crippen molar-refractivity contribution in [3.8, 4) is 0 Å². The Kier molecular flexibility index (Phi) is 6.11. The van der Waals surface area contributed by atoms with Gasteiger partial charge in [0.1, 0.15) is 0 Å². The number of nitrogens with zero attached hydrogens (tertiary/aromatic N) is 2. The van der Waals surface area contributed by atoms with Gasteiger partial charge in [-0.2, -0.15) is 0 Å². The van der Waals surface area contributed by atoms with Crippen LogP contribution in [0.3, 0.4) is 0 Å². The molecule has 1 saturated heterocycles. The van der Waals surface area contributed by atoms with Crippen LogP contribution < -0.4 is 5.32 Å². The number of piperazine rings is 1. The van der Waals surface area contributed by atoms with E-state index in [0.717, 1.165) is 24.5 Å². The zero-order valence-electron chi connectivity index (χ0n) is 13.2. The van der Waals surface area contributed by atoms with Crippen LogP contribution in [0.4, 0.5) is 0 Å². The summed E-state index contributed by atoms with van der Waals surface area (Å²) in [5, 5.41) is 3.65. The quantitative estimate of drug-likeness (QED) is 0.824. The van der Waals surface area contributed by atoms with E-state index in [-0.39, 0.29) is 0 Å². The first-order chi connectivity index (χ1) is 9.19. The maximum atomic E-state index is 3.65. The number of hydrogen-bond donors (Lipinski definition) is 1. The van der Waals surface area contributed by atoms with Gasteiger partial charge in [0.25, 0.3) is 0 Å². The normalized spacial score (nSPS) is 30.9. The Morgan fingerprint density at radius 3 is 2.47 bits per heavy atom. The van der Waals surface area contributed by atoms with Crippen molar-refractivity contribution >= 4 is 0 Å². The second-order valence-electron chi connectivity index (χ2n) is 6.81. The Morgan fingerprint density at radius 2 is 1.84 bits per heavy atom. The lowest BCUT2D eigenvalue weighted by Crippen LogP contribution is -2.53. The van der Waals surface area contributed by atoms with Crippen LogP contribution in [0.2, 0.25) is 0 Å². The SMILES string of the molecule is CCNC1CCCC(N2CCN(CC(C)C)CC2)C1. The van der Waals surface area contributed by atoms with Crippen molar-refractivity contribution in [1.82, 2.24) is 15.1 Å². The predicted octanol–water partition coefficient (Wildman–Crippen LogP) is 2.18. The van der Waals surface area contributed by atoms with E-state index < -0.39 is 0 Å². The van der Waals surface area contributed by atoms with Crippen molar-refractivity contribution in [2.75, 3.05) is 39.3 Å². The number of nitrogens with one attached hydrogen (secondary N) is 1. The molecule has 2 fully saturated rings. The van der Waals surface area contributed by atoms with Gasteiger partial charge in [-0.05, 0) is 31.7 Å². The Hall–Kier alpha value is -0.120. The molecule has 0 radical (unpaired) electrons. The summed E-state index contributed by atoms with van der Waals surface area (Å²) in [5.41, 5.74) is 0. The van der Waals surface area contributed by atoms with Crippen molar-refractivity contribution < 1.29 is 0 Å². The smallest absolute Gasteiger partial charge is 0.0113 e. The van der Waals surface area contributed by atoms with Crippen molar-refractivity contribution in [3.05, 3.63) is 0 Å². The van der Waals surface area contributed by atoms with Gasteiger partial charge in [0.15, 0.2) is 0 Å². The van der Waals surface area contributed by atoms with E-state index in [1.54, 1.807) is 0 Å². The Labute approximate surface area is 119 Å². The fourth-order valence-corrected chi connectivity index (χ4v) is 3.80. The lowest BCUT2D eigenvalue weighted by molar-refractivity contribution is 0.0671. The fourth-order valence-electron chi connectivity index (χ4n) is 3.80. The molecule has 0 aromatic rings. The van der Waals surface area contributed by atoms with E-state index in [0.29, 0.717) is 0 Å². The van der Waals surface area contributed by atoms with Gasteiger partial charge >= 0.3 is 0 Å². The third kappa shape index (κ3) is 4.73. The molecule has 0 aromatic carbocycles. The lowest BCUT2D eigenvalue weighted by Gasteiger charge is -2.43. The monoisotopic (exact) mass is 267 g/mol. The highest BCUT2D eigenvalue weighted by molar-refractivity contribution is 4.86. The summed E-state index contributed by atoms with van der Waals surface area (Å²) in [6.45, 7) is 14.4. The first-order valence-corrected chi connectivity index (χ1v) is 8.38. The molecule has 0 spiro atoms. The highest BCUT2D eigenvalue weighted by Crippen LogP contribution is 2.24. The Bertz CT molecular complexity index is 244. The molecule has 1 heterocycles. The molecule has 1 N–H and O–H groups in total. The van der Waals surface area contributed by atoms with E-state index in [1.807, 2.05) is 0 Å². The van der Waals surface area contributed by atoms with Gasteiger partial charge in [-0.1, -0.05) is 27.2 Å². The van der Waals surface area contributed by atoms with Gasteiger partial charge < -0.3 is 10.2 Å². The minimum atomic E-state index is 0.775. The van der Waals surface area contributed by atoms with Crippen molar-refractivity contribution in [2.45, 2.75) is 58.5 Å². The largest absolute Gasteiger partial charge is 0.314 e. The first-order valence-electron chi connectivity index (χ1n) is 8.38. The van der Waals surface area contributed by atoms with Gasteiger partial charge in [-0.25, -0.2) is 0 Å². The lowest BCUT2D eigenvalue weighted by atomic mass is 9.89.